The molecule has 0 spiro atoms. The molecule has 31 heavy (non-hydrogen) atoms. The van der Waals surface area contributed by atoms with E-state index >= 15 is 0 Å². The van der Waals surface area contributed by atoms with Crippen LogP contribution in [-0.2, 0) is 19.1 Å². The van der Waals surface area contributed by atoms with Gasteiger partial charge in [-0.05, 0) is 42.9 Å². The molecule has 1 aromatic rings. The van der Waals surface area contributed by atoms with E-state index in [0.717, 1.165) is 5.56 Å². The number of ether oxygens (including phenoxy) is 2. The van der Waals surface area contributed by atoms with Gasteiger partial charge in [-0.2, -0.15) is 0 Å². The van der Waals surface area contributed by atoms with Crippen LogP contribution < -0.4 is 10.1 Å². The lowest BCUT2D eigenvalue weighted by molar-refractivity contribution is -0.139. The van der Waals surface area contributed by atoms with E-state index in [4.69, 9.17) is 21.1 Å². The average molecular weight is 455 g/mol. The minimum Gasteiger partial charge on any atom is -0.495 e. The van der Waals surface area contributed by atoms with Gasteiger partial charge in [-0.3, -0.25) is 19.7 Å². The van der Waals surface area contributed by atoms with Gasteiger partial charge in [-0.25, -0.2) is 4.39 Å². The van der Waals surface area contributed by atoms with Gasteiger partial charge in [-0.15, -0.1) is 0 Å². The highest BCUT2D eigenvalue weighted by Gasteiger charge is 2.48. The van der Waals surface area contributed by atoms with E-state index in [9.17, 15) is 18.8 Å². The molecule has 170 valence electrons. The summed E-state index contributed by atoms with van der Waals surface area (Å²) < 4.78 is 24.4. The van der Waals surface area contributed by atoms with Crippen LogP contribution in [0, 0.1) is 17.2 Å². The van der Waals surface area contributed by atoms with Crippen LogP contribution in [0.5, 0.6) is 5.75 Å². The lowest BCUT2D eigenvalue weighted by atomic mass is 9.78. The van der Waals surface area contributed by atoms with E-state index in [1.165, 1.54) is 20.3 Å². The normalized spacial score (nSPS) is 23.1. The van der Waals surface area contributed by atoms with Crippen molar-refractivity contribution in [3.05, 3.63) is 28.5 Å². The summed E-state index contributed by atoms with van der Waals surface area (Å²) in [6.07, 6.45) is 1.65. The molecule has 0 bridgehead atoms. The zero-order valence-corrected chi connectivity index (χ0v) is 18.8. The molecule has 0 unspecified atom stereocenters. The largest absolute Gasteiger partial charge is 0.495 e. The summed E-state index contributed by atoms with van der Waals surface area (Å²) in [7, 11) is 2.92. The molecule has 2 fully saturated rings. The molecule has 3 rings (SSSR count). The van der Waals surface area contributed by atoms with Gasteiger partial charge in [0.1, 0.15) is 16.6 Å². The number of carbonyl (C=O) groups is 3. The van der Waals surface area contributed by atoms with Gasteiger partial charge in [0.2, 0.25) is 17.7 Å². The Balaban J connectivity index is 1.63. The van der Waals surface area contributed by atoms with Crippen LogP contribution in [0.2, 0.25) is 5.02 Å². The first kappa shape index (κ1) is 23.5. The van der Waals surface area contributed by atoms with Gasteiger partial charge in [0.15, 0.2) is 0 Å². The van der Waals surface area contributed by atoms with Crippen molar-refractivity contribution < 1.29 is 28.2 Å². The lowest BCUT2D eigenvalue weighted by Crippen LogP contribution is -2.44. The smallest absolute Gasteiger partial charge is 0.235 e. The Labute approximate surface area is 186 Å². The van der Waals surface area contributed by atoms with E-state index in [2.05, 4.69) is 5.32 Å². The third-order valence-electron chi connectivity index (χ3n) is 6.29. The van der Waals surface area contributed by atoms with Crippen molar-refractivity contribution in [2.45, 2.75) is 38.5 Å². The van der Waals surface area contributed by atoms with Crippen LogP contribution in [0.15, 0.2) is 12.1 Å². The van der Waals surface area contributed by atoms with E-state index in [0.29, 0.717) is 31.7 Å². The summed E-state index contributed by atoms with van der Waals surface area (Å²) in [6, 6.07) is 3.18. The van der Waals surface area contributed by atoms with Gasteiger partial charge in [0.05, 0.1) is 19.1 Å². The van der Waals surface area contributed by atoms with Crippen molar-refractivity contribution in [2.75, 3.05) is 33.9 Å². The van der Waals surface area contributed by atoms with Crippen molar-refractivity contribution in [3.63, 3.8) is 0 Å². The second-order valence-electron chi connectivity index (χ2n) is 8.49. The molecule has 1 N–H and O–H groups in total. The minimum atomic E-state index is -1.00. The van der Waals surface area contributed by atoms with Crippen LogP contribution in [0.3, 0.4) is 0 Å². The number of methoxy groups -OCH3 is 2. The van der Waals surface area contributed by atoms with Crippen LogP contribution in [0.25, 0.3) is 0 Å². The predicted octanol–water partition coefficient (Wildman–Crippen LogP) is 2.90. The van der Waals surface area contributed by atoms with Crippen molar-refractivity contribution in [1.29, 1.82) is 0 Å². The Hall–Kier alpha value is -2.19. The maximum atomic E-state index is 14.1. The fourth-order valence-electron chi connectivity index (χ4n) is 4.69. The molecule has 9 heteroatoms. The molecule has 1 aromatic carbocycles. The number of likely N-dealkylation sites (tertiary alicyclic amines) is 1. The highest BCUT2D eigenvalue weighted by molar-refractivity contribution is 6.32. The summed E-state index contributed by atoms with van der Waals surface area (Å²) in [5.41, 5.74) is -0.199. The van der Waals surface area contributed by atoms with Crippen LogP contribution in [-0.4, -0.2) is 56.5 Å². The number of amides is 3. The monoisotopic (exact) mass is 454 g/mol. The maximum absolute atomic E-state index is 14.1. The number of nitrogens with zero attached hydrogens (tertiary/aromatic N) is 1. The summed E-state index contributed by atoms with van der Waals surface area (Å²) in [6.45, 7) is 2.93. The second-order valence-corrected chi connectivity index (χ2v) is 8.87. The third-order valence-corrected chi connectivity index (χ3v) is 6.65. The topological polar surface area (TPSA) is 84.9 Å². The summed E-state index contributed by atoms with van der Waals surface area (Å²) in [5, 5.41) is 2.29. The number of imide groups is 1. The fraction of sp³-hybridized carbons (Fsp3) is 0.591. The van der Waals surface area contributed by atoms with E-state index in [-0.39, 0.29) is 48.1 Å². The Kier molecular flexibility index (Phi) is 7.21. The number of halogens is 2. The Morgan fingerprint density at radius 3 is 2.55 bits per heavy atom. The zero-order chi connectivity index (χ0) is 22.8. The molecule has 2 aliphatic rings. The highest BCUT2D eigenvalue weighted by atomic mass is 35.5. The molecule has 2 heterocycles. The Bertz CT molecular complexity index is 872. The number of piperidine rings is 1. The summed E-state index contributed by atoms with van der Waals surface area (Å²) in [5.74, 6) is -1.33. The Morgan fingerprint density at radius 2 is 2.00 bits per heavy atom. The van der Waals surface area contributed by atoms with Crippen LogP contribution >= 0.6 is 11.6 Å². The van der Waals surface area contributed by atoms with Crippen molar-refractivity contribution >= 4 is 29.3 Å². The molecular formula is C22H28ClFN2O5. The predicted molar refractivity (Wildman–Crippen MR) is 112 cm³/mol. The number of nitrogens with one attached hydrogen (secondary N) is 1. The molecule has 3 amide bonds. The van der Waals surface area contributed by atoms with Crippen molar-refractivity contribution in [2.24, 2.45) is 11.3 Å². The molecule has 2 saturated heterocycles. The number of hydrogen-bond acceptors (Lipinski definition) is 5. The average Bonchev–Trinajstić information content (AvgIpc) is 3.02. The molecule has 0 saturated carbocycles. The number of benzene rings is 1. The fourth-order valence-corrected chi connectivity index (χ4v) is 4.88. The molecule has 0 aromatic heterocycles. The molecule has 7 nitrogen and oxygen atoms in total. The Morgan fingerprint density at radius 1 is 1.32 bits per heavy atom. The molecule has 0 radical (unpaired) electrons. The number of hydrogen-bond donors (Lipinski definition) is 1. The maximum Gasteiger partial charge on any atom is 0.235 e. The lowest BCUT2D eigenvalue weighted by Gasteiger charge is -2.35. The molecule has 0 aliphatic carbocycles. The van der Waals surface area contributed by atoms with Crippen molar-refractivity contribution in [3.8, 4) is 5.75 Å². The van der Waals surface area contributed by atoms with Gasteiger partial charge in [-0.1, -0.05) is 18.5 Å². The van der Waals surface area contributed by atoms with Gasteiger partial charge in [0.25, 0.3) is 0 Å². The van der Waals surface area contributed by atoms with E-state index < -0.39 is 17.2 Å². The van der Waals surface area contributed by atoms with Gasteiger partial charge >= 0.3 is 0 Å². The van der Waals surface area contributed by atoms with Crippen molar-refractivity contribution in [1.82, 2.24) is 10.2 Å². The first-order valence-electron chi connectivity index (χ1n) is 10.4. The van der Waals surface area contributed by atoms with Crippen LogP contribution in [0.4, 0.5) is 4.39 Å². The van der Waals surface area contributed by atoms with Crippen LogP contribution in [0.1, 0.15) is 44.1 Å². The van der Waals surface area contributed by atoms with E-state index in [1.54, 1.807) is 17.9 Å². The summed E-state index contributed by atoms with van der Waals surface area (Å²) in [4.78, 5) is 38.9. The van der Waals surface area contributed by atoms with Gasteiger partial charge in [0, 0.05) is 32.5 Å². The highest BCUT2D eigenvalue weighted by Crippen LogP contribution is 2.38. The first-order valence-corrected chi connectivity index (χ1v) is 10.7. The third kappa shape index (κ3) is 4.85. The SMILES string of the molecule is COC[C@]1(C[C@H](C)C(=O)N2CCC(c3cc(F)c(Cl)c(OC)c3)CC2)CC(=O)NC1=O. The quantitative estimate of drug-likeness (QED) is 0.640. The molecule has 2 atom stereocenters. The van der Waals surface area contributed by atoms with Gasteiger partial charge < -0.3 is 14.4 Å². The second kappa shape index (κ2) is 9.53. The number of rotatable bonds is 7. The number of carbonyl (C=O) groups excluding carboxylic acids is 3. The zero-order valence-electron chi connectivity index (χ0n) is 18.0. The minimum absolute atomic E-state index is 0.0311. The first-order chi connectivity index (χ1) is 14.7. The van der Waals surface area contributed by atoms with E-state index in [1.807, 2.05) is 0 Å². The molecular weight excluding hydrogens is 427 g/mol. The standard InChI is InChI=1S/C22H28ClFN2O5/c1-13(10-22(12-30-2)11-18(27)25-21(22)29)20(28)26-6-4-14(5-7-26)15-8-16(24)19(23)17(9-15)31-3/h8-9,13-14H,4-7,10-12H2,1-3H3,(H,25,27,29)/t13-,22-/m0/s1. The molecule has 2 aliphatic heterocycles. The summed E-state index contributed by atoms with van der Waals surface area (Å²) >= 11 is 5.92.